The number of rotatable bonds is 6. The van der Waals surface area contributed by atoms with E-state index in [1.165, 1.54) is 4.90 Å². The molecule has 2 rings (SSSR count). The highest BCUT2D eigenvalue weighted by Gasteiger charge is 2.37. The van der Waals surface area contributed by atoms with Gasteiger partial charge in [0.2, 0.25) is 0 Å². The molecule has 0 radical (unpaired) electrons. The fourth-order valence-electron chi connectivity index (χ4n) is 2.16. The van der Waals surface area contributed by atoms with Crippen LogP contribution in [0.15, 0.2) is 24.3 Å². The van der Waals surface area contributed by atoms with Crippen LogP contribution in [0.3, 0.4) is 0 Å². The Morgan fingerprint density at radius 3 is 2.63 bits per heavy atom. The molecule has 1 saturated carbocycles. The summed E-state index contributed by atoms with van der Waals surface area (Å²) in [5.74, 6) is 0. The van der Waals surface area contributed by atoms with E-state index in [0.717, 1.165) is 24.1 Å². The van der Waals surface area contributed by atoms with Gasteiger partial charge in [0.15, 0.2) is 0 Å². The van der Waals surface area contributed by atoms with Gasteiger partial charge in [-0.15, -0.1) is 0 Å². The van der Waals surface area contributed by atoms with E-state index in [0.29, 0.717) is 13.1 Å². The average molecular weight is 272 g/mol. The molecule has 1 aromatic carbocycles. The van der Waals surface area contributed by atoms with E-state index in [-0.39, 0.29) is 6.04 Å². The summed E-state index contributed by atoms with van der Waals surface area (Å²) in [5, 5.41) is 3.18. The Morgan fingerprint density at radius 1 is 1.32 bits per heavy atom. The number of nitrogens with one attached hydrogen (secondary N) is 1. The molecule has 0 spiro atoms. The van der Waals surface area contributed by atoms with Gasteiger partial charge in [0, 0.05) is 24.8 Å². The van der Waals surface area contributed by atoms with Crippen molar-refractivity contribution in [3.63, 3.8) is 0 Å². The van der Waals surface area contributed by atoms with E-state index in [1.54, 1.807) is 0 Å². The van der Waals surface area contributed by atoms with Gasteiger partial charge in [-0.05, 0) is 37.5 Å². The minimum atomic E-state index is -4.11. The third-order valence-electron chi connectivity index (χ3n) is 3.19. The molecule has 2 nitrogen and oxygen atoms in total. The lowest BCUT2D eigenvalue weighted by atomic mass is 10.2. The molecule has 19 heavy (non-hydrogen) atoms. The molecule has 0 amide bonds. The van der Waals surface area contributed by atoms with Crippen molar-refractivity contribution in [1.29, 1.82) is 0 Å². The summed E-state index contributed by atoms with van der Waals surface area (Å²) >= 11 is 0. The van der Waals surface area contributed by atoms with Crippen molar-refractivity contribution in [3.8, 4) is 0 Å². The molecule has 0 aromatic heterocycles. The van der Waals surface area contributed by atoms with Gasteiger partial charge in [-0.3, -0.25) is 4.90 Å². The maximum Gasteiger partial charge on any atom is 0.401 e. The molecule has 0 unspecified atom stereocenters. The molecule has 1 fully saturated rings. The summed E-state index contributed by atoms with van der Waals surface area (Å²) in [6.07, 6.45) is -2.33. The highest BCUT2D eigenvalue weighted by molar-refractivity contribution is 5.45. The first kappa shape index (κ1) is 14.2. The number of halogens is 3. The molecule has 0 saturated heterocycles. The molecule has 1 N–H and O–H groups in total. The lowest BCUT2D eigenvalue weighted by Crippen LogP contribution is -2.38. The number of hydrogen-bond donors (Lipinski definition) is 1. The molecular weight excluding hydrogens is 253 g/mol. The Morgan fingerprint density at radius 2 is 2.05 bits per heavy atom. The fourth-order valence-corrected chi connectivity index (χ4v) is 2.16. The van der Waals surface area contributed by atoms with Crippen molar-refractivity contribution in [1.82, 2.24) is 4.90 Å². The van der Waals surface area contributed by atoms with E-state index in [9.17, 15) is 13.2 Å². The molecule has 1 aromatic rings. The zero-order valence-corrected chi connectivity index (χ0v) is 11.0. The Bertz CT molecular complexity index is 413. The van der Waals surface area contributed by atoms with Crippen molar-refractivity contribution < 1.29 is 13.2 Å². The molecular formula is C14H19F3N2. The minimum absolute atomic E-state index is 0.126. The summed E-state index contributed by atoms with van der Waals surface area (Å²) in [6.45, 7) is 2.16. The molecule has 0 atom stereocenters. The monoisotopic (exact) mass is 272 g/mol. The number of aryl methyl sites for hydroxylation is 1. The van der Waals surface area contributed by atoms with E-state index >= 15 is 0 Å². The van der Waals surface area contributed by atoms with Crippen LogP contribution in [-0.2, 0) is 0 Å². The maximum absolute atomic E-state index is 12.4. The van der Waals surface area contributed by atoms with Crippen LogP contribution >= 0.6 is 0 Å². The maximum atomic E-state index is 12.4. The average Bonchev–Trinajstić information content (AvgIpc) is 3.10. The summed E-state index contributed by atoms with van der Waals surface area (Å²) < 4.78 is 37.3. The van der Waals surface area contributed by atoms with Gasteiger partial charge in [0.05, 0.1) is 6.54 Å². The summed E-state index contributed by atoms with van der Waals surface area (Å²) in [5.41, 5.74) is 2.10. The number of benzene rings is 1. The van der Waals surface area contributed by atoms with Gasteiger partial charge < -0.3 is 5.32 Å². The van der Waals surface area contributed by atoms with Crippen LogP contribution in [0, 0.1) is 6.92 Å². The standard InChI is InChI=1S/C14H19F3N2/c1-11-3-2-4-12(9-11)18-7-8-19(13-5-6-13)10-14(15,16)17/h2-4,9,13,18H,5-8,10H2,1H3. The van der Waals surface area contributed by atoms with Crippen LogP contribution in [-0.4, -0.2) is 36.8 Å². The fraction of sp³-hybridized carbons (Fsp3) is 0.571. The van der Waals surface area contributed by atoms with Crippen molar-refractivity contribution >= 4 is 5.69 Å². The second-order valence-corrected chi connectivity index (χ2v) is 5.11. The normalized spacial score (nSPS) is 15.8. The SMILES string of the molecule is Cc1cccc(NCCN(CC(F)(F)F)C2CC2)c1. The van der Waals surface area contributed by atoms with Crippen LogP contribution in [0.2, 0.25) is 0 Å². The first-order valence-corrected chi connectivity index (χ1v) is 6.55. The molecule has 0 heterocycles. The number of hydrogen-bond acceptors (Lipinski definition) is 2. The summed E-state index contributed by atoms with van der Waals surface area (Å²) in [4.78, 5) is 1.53. The van der Waals surface area contributed by atoms with Crippen molar-refractivity contribution in [2.75, 3.05) is 25.0 Å². The second kappa shape index (κ2) is 5.82. The van der Waals surface area contributed by atoms with Gasteiger partial charge in [-0.1, -0.05) is 12.1 Å². The van der Waals surface area contributed by atoms with Crippen molar-refractivity contribution in [2.45, 2.75) is 32.0 Å². The van der Waals surface area contributed by atoms with E-state index in [1.807, 2.05) is 31.2 Å². The molecule has 5 heteroatoms. The molecule has 1 aliphatic rings. The third-order valence-corrected chi connectivity index (χ3v) is 3.19. The predicted molar refractivity (Wildman–Crippen MR) is 70.3 cm³/mol. The Balaban J connectivity index is 1.79. The minimum Gasteiger partial charge on any atom is -0.384 e. The largest absolute Gasteiger partial charge is 0.401 e. The van der Waals surface area contributed by atoms with Crippen LogP contribution in [0.5, 0.6) is 0 Å². The quantitative estimate of drug-likeness (QED) is 0.853. The van der Waals surface area contributed by atoms with Crippen molar-refractivity contribution in [2.24, 2.45) is 0 Å². The van der Waals surface area contributed by atoms with Crippen LogP contribution in [0.4, 0.5) is 18.9 Å². The van der Waals surface area contributed by atoms with Crippen LogP contribution in [0.1, 0.15) is 18.4 Å². The smallest absolute Gasteiger partial charge is 0.384 e. The van der Waals surface area contributed by atoms with Gasteiger partial charge in [0.1, 0.15) is 0 Å². The van der Waals surface area contributed by atoms with Gasteiger partial charge in [-0.2, -0.15) is 13.2 Å². The van der Waals surface area contributed by atoms with E-state index in [4.69, 9.17) is 0 Å². The highest BCUT2D eigenvalue weighted by atomic mass is 19.4. The Hall–Kier alpha value is -1.23. The second-order valence-electron chi connectivity index (χ2n) is 5.11. The zero-order chi connectivity index (χ0) is 13.9. The highest BCUT2D eigenvalue weighted by Crippen LogP contribution is 2.29. The van der Waals surface area contributed by atoms with Crippen LogP contribution in [0.25, 0.3) is 0 Å². The van der Waals surface area contributed by atoms with Crippen molar-refractivity contribution in [3.05, 3.63) is 29.8 Å². The molecule has 1 aliphatic carbocycles. The van der Waals surface area contributed by atoms with Gasteiger partial charge in [-0.25, -0.2) is 0 Å². The first-order chi connectivity index (χ1) is 8.94. The summed E-state index contributed by atoms with van der Waals surface area (Å²) in [7, 11) is 0. The number of nitrogens with zero attached hydrogens (tertiary/aromatic N) is 1. The molecule has 106 valence electrons. The van der Waals surface area contributed by atoms with Gasteiger partial charge >= 0.3 is 6.18 Å². The Kier molecular flexibility index (Phi) is 4.34. The predicted octanol–water partition coefficient (Wildman–Crippen LogP) is 3.43. The van der Waals surface area contributed by atoms with E-state index in [2.05, 4.69) is 5.32 Å². The Labute approximate surface area is 111 Å². The summed E-state index contributed by atoms with van der Waals surface area (Å²) in [6, 6.07) is 7.97. The lowest BCUT2D eigenvalue weighted by Gasteiger charge is -2.23. The van der Waals surface area contributed by atoms with E-state index < -0.39 is 12.7 Å². The molecule has 0 bridgehead atoms. The zero-order valence-electron chi connectivity index (χ0n) is 11.0. The number of anilines is 1. The first-order valence-electron chi connectivity index (χ1n) is 6.55. The number of alkyl halides is 3. The topological polar surface area (TPSA) is 15.3 Å². The lowest BCUT2D eigenvalue weighted by molar-refractivity contribution is -0.146. The molecule has 0 aliphatic heterocycles. The van der Waals surface area contributed by atoms with Gasteiger partial charge in [0.25, 0.3) is 0 Å². The van der Waals surface area contributed by atoms with Crippen LogP contribution < -0.4 is 5.32 Å². The third kappa shape index (κ3) is 5.11.